The second-order valence-electron chi connectivity index (χ2n) is 8.53. The molecule has 1 saturated heterocycles. The van der Waals surface area contributed by atoms with E-state index >= 15 is 0 Å². The third-order valence-electron chi connectivity index (χ3n) is 6.27. The van der Waals surface area contributed by atoms with Gasteiger partial charge in [0.2, 0.25) is 5.91 Å². The van der Waals surface area contributed by atoms with E-state index in [0.29, 0.717) is 48.9 Å². The molecule has 0 spiro atoms. The van der Waals surface area contributed by atoms with Crippen molar-refractivity contribution in [3.8, 4) is 0 Å². The Labute approximate surface area is 191 Å². The number of ketones is 1. The van der Waals surface area contributed by atoms with Gasteiger partial charge in [0.15, 0.2) is 5.78 Å². The average Bonchev–Trinajstić information content (AvgIpc) is 2.92. The number of aryl methyl sites for hydroxylation is 1. The molecule has 172 valence electrons. The number of hydrogen-bond acceptors (Lipinski definition) is 4. The van der Waals surface area contributed by atoms with Gasteiger partial charge in [-0.2, -0.15) is 0 Å². The fourth-order valence-corrected chi connectivity index (χ4v) is 4.44. The molecule has 1 atom stereocenters. The molecule has 2 aromatic rings. The Morgan fingerprint density at radius 1 is 1.09 bits per heavy atom. The number of halogens is 1. The summed E-state index contributed by atoms with van der Waals surface area (Å²) in [7, 11) is 0. The number of fused-ring (bicyclic) bond motifs is 1. The minimum Gasteiger partial charge on any atom is -0.326 e. The number of hydrogen-bond donors (Lipinski definition) is 2. The van der Waals surface area contributed by atoms with Crippen molar-refractivity contribution in [1.29, 1.82) is 0 Å². The van der Waals surface area contributed by atoms with E-state index in [1.54, 1.807) is 18.2 Å². The van der Waals surface area contributed by atoms with Gasteiger partial charge in [-0.15, -0.1) is 0 Å². The third-order valence-corrected chi connectivity index (χ3v) is 6.27. The second kappa shape index (κ2) is 9.13. The predicted molar refractivity (Wildman–Crippen MR) is 120 cm³/mol. The number of benzene rings is 2. The summed E-state index contributed by atoms with van der Waals surface area (Å²) in [6, 6.07) is 9.85. The number of rotatable bonds is 7. The molecule has 0 radical (unpaired) electrons. The van der Waals surface area contributed by atoms with Gasteiger partial charge in [0.25, 0.3) is 5.91 Å². The molecule has 33 heavy (non-hydrogen) atoms. The summed E-state index contributed by atoms with van der Waals surface area (Å²) in [5.41, 5.74) is 1.08. The van der Waals surface area contributed by atoms with E-state index < -0.39 is 29.8 Å². The lowest BCUT2D eigenvalue weighted by Crippen LogP contribution is -2.44. The highest BCUT2D eigenvalue weighted by Gasteiger charge is 2.52. The van der Waals surface area contributed by atoms with Crippen LogP contribution in [0.4, 0.5) is 14.9 Å². The van der Waals surface area contributed by atoms with Crippen molar-refractivity contribution in [2.45, 2.75) is 51.0 Å². The number of unbranched alkanes of at least 4 members (excludes halogenated alkanes) is 1. The van der Waals surface area contributed by atoms with Gasteiger partial charge in [-0.3, -0.25) is 19.3 Å². The van der Waals surface area contributed by atoms with E-state index in [0.717, 1.165) is 16.9 Å². The Balaban J connectivity index is 1.58. The summed E-state index contributed by atoms with van der Waals surface area (Å²) in [4.78, 5) is 52.0. The Morgan fingerprint density at radius 2 is 1.85 bits per heavy atom. The zero-order valence-electron chi connectivity index (χ0n) is 18.4. The first kappa shape index (κ1) is 22.6. The van der Waals surface area contributed by atoms with Crippen molar-refractivity contribution < 1.29 is 23.6 Å². The Morgan fingerprint density at radius 3 is 2.58 bits per heavy atom. The molecule has 2 aromatic carbocycles. The van der Waals surface area contributed by atoms with Crippen LogP contribution in [0.2, 0.25) is 0 Å². The molecule has 2 aliphatic heterocycles. The number of urea groups is 1. The number of carbonyl (C=O) groups excluding carboxylic acids is 4. The van der Waals surface area contributed by atoms with E-state index in [1.165, 1.54) is 24.3 Å². The highest BCUT2D eigenvalue weighted by Crippen LogP contribution is 2.34. The van der Waals surface area contributed by atoms with Gasteiger partial charge in [-0.25, -0.2) is 9.18 Å². The Hall–Kier alpha value is -3.55. The van der Waals surface area contributed by atoms with Gasteiger partial charge in [-0.1, -0.05) is 31.9 Å². The molecule has 1 unspecified atom stereocenters. The van der Waals surface area contributed by atoms with Crippen molar-refractivity contribution in [3.05, 3.63) is 65.0 Å². The van der Waals surface area contributed by atoms with E-state index in [2.05, 4.69) is 10.6 Å². The molecular weight excluding hydrogens is 425 g/mol. The molecular formula is C25H26FN3O4. The van der Waals surface area contributed by atoms with Crippen LogP contribution in [0.3, 0.4) is 0 Å². The first-order valence-corrected chi connectivity index (χ1v) is 11.2. The molecule has 1 fully saturated rings. The summed E-state index contributed by atoms with van der Waals surface area (Å²) in [6.07, 6.45) is 3.58. The summed E-state index contributed by atoms with van der Waals surface area (Å²) in [6.45, 7) is 1.58. The van der Waals surface area contributed by atoms with E-state index in [9.17, 15) is 23.6 Å². The first-order chi connectivity index (χ1) is 15.8. The SMILES string of the molecule is CCCCC1(c2ccc(F)cc2)NC(=O)N(CC(=O)c2ccc3c(c2)CCCC(=O)N3)C1=O. The van der Waals surface area contributed by atoms with Crippen molar-refractivity contribution >= 4 is 29.3 Å². The quantitative estimate of drug-likeness (QED) is 0.493. The predicted octanol–water partition coefficient (Wildman–Crippen LogP) is 3.92. The minimum atomic E-state index is -1.32. The van der Waals surface area contributed by atoms with E-state index in [-0.39, 0.29) is 11.7 Å². The summed E-state index contributed by atoms with van der Waals surface area (Å²) >= 11 is 0. The highest BCUT2D eigenvalue weighted by molar-refractivity contribution is 6.11. The lowest BCUT2D eigenvalue weighted by atomic mass is 9.84. The second-order valence-corrected chi connectivity index (χ2v) is 8.53. The van der Waals surface area contributed by atoms with Gasteiger partial charge in [0.1, 0.15) is 11.4 Å². The van der Waals surface area contributed by atoms with Crippen LogP contribution in [0.15, 0.2) is 42.5 Å². The highest BCUT2D eigenvalue weighted by atomic mass is 19.1. The van der Waals surface area contributed by atoms with Crippen molar-refractivity contribution in [1.82, 2.24) is 10.2 Å². The van der Waals surface area contributed by atoms with E-state index in [4.69, 9.17) is 0 Å². The van der Waals surface area contributed by atoms with Crippen LogP contribution in [0, 0.1) is 5.82 Å². The number of carbonyl (C=O) groups is 4. The van der Waals surface area contributed by atoms with Gasteiger partial charge in [-0.05, 0) is 60.7 Å². The maximum atomic E-state index is 13.5. The summed E-state index contributed by atoms with van der Waals surface area (Å²) in [5.74, 6) is -1.38. The van der Waals surface area contributed by atoms with Gasteiger partial charge < -0.3 is 10.6 Å². The minimum absolute atomic E-state index is 0.0589. The monoisotopic (exact) mass is 451 g/mol. The largest absolute Gasteiger partial charge is 0.326 e. The maximum absolute atomic E-state index is 13.5. The molecule has 0 saturated carbocycles. The Bertz CT molecular complexity index is 1120. The van der Waals surface area contributed by atoms with Crippen LogP contribution in [0.25, 0.3) is 0 Å². The molecule has 7 nitrogen and oxygen atoms in total. The normalized spacial score (nSPS) is 20.2. The molecule has 4 amide bonds. The van der Waals surface area contributed by atoms with Crippen LogP contribution in [-0.2, 0) is 21.5 Å². The smallest absolute Gasteiger partial charge is 0.325 e. The lowest BCUT2D eigenvalue weighted by Gasteiger charge is -2.27. The number of Topliss-reactive ketones (excluding diaryl/α,β-unsaturated/α-hetero) is 1. The van der Waals surface area contributed by atoms with Crippen molar-refractivity contribution in [3.63, 3.8) is 0 Å². The summed E-state index contributed by atoms with van der Waals surface area (Å²) < 4.78 is 13.5. The van der Waals surface area contributed by atoms with Crippen LogP contribution in [0.1, 0.15) is 60.5 Å². The standard InChI is InChI=1S/C25H26FN3O4/c1-2-3-13-25(18-8-10-19(26)11-9-18)23(32)29(24(33)28-25)15-21(30)17-7-12-20-16(14-17)5-4-6-22(31)27-20/h7-12,14H,2-6,13,15H2,1H3,(H,27,31)(H,28,33). The Kier molecular flexibility index (Phi) is 6.26. The zero-order valence-corrected chi connectivity index (χ0v) is 18.4. The van der Waals surface area contributed by atoms with Crippen LogP contribution >= 0.6 is 0 Å². The molecule has 2 N–H and O–H groups in total. The first-order valence-electron chi connectivity index (χ1n) is 11.2. The van der Waals surface area contributed by atoms with Crippen LogP contribution in [-0.4, -0.2) is 35.1 Å². The van der Waals surface area contributed by atoms with Gasteiger partial charge >= 0.3 is 6.03 Å². The molecule has 0 aliphatic carbocycles. The molecule has 2 aliphatic rings. The number of amides is 4. The molecule has 4 rings (SSSR count). The number of nitrogens with zero attached hydrogens (tertiary/aromatic N) is 1. The van der Waals surface area contributed by atoms with Crippen molar-refractivity contribution in [2.75, 3.05) is 11.9 Å². The van der Waals surface area contributed by atoms with Gasteiger partial charge in [0.05, 0.1) is 6.54 Å². The third kappa shape index (κ3) is 4.37. The van der Waals surface area contributed by atoms with Gasteiger partial charge in [0, 0.05) is 17.7 Å². The lowest BCUT2D eigenvalue weighted by molar-refractivity contribution is -0.131. The van der Waals surface area contributed by atoms with Crippen LogP contribution < -0.4 is 10.6 Å². The number of nitrogens with one attached hydrogen (secondary N) is 2. The van der Waals surface area contributed by atoms with E-state index in [1.807, 2.05) is 6.92 Å². The summed E-state index contributed by atoms with van der Waals surface area (Å²) in [5, 5.41) is 5.60. The molecule has 8 heteroatoms. The molecule has 0 aromatic heterocycles. The molecule has 0 bridgehead atoms. The average molecular weight is 451 g/mol. The number of anilines is 1. The maximum Gasteiger partial charge on any atom is 0.325 e. The molecule has 2 heterocycles. The zero-order chi connectivity index (χ0) is 23.6. The van der Waals surface area contributed by atoms with Crippen LogP contribution in [0.5, 0.6) is 0 Å². The fourth-order valence-electron chi connectivity index (χ4n) is 4.44. The van der Waals surface area contributed by atoms with Crippen molar-refractivity contribution in [2.24, 2.45) is 0 Å². The topological polar surface area (TPSA) is 95.6 Å². The fraction of sp³-hybridized carbons (Fsp3) is 0.360. The number of imide groups is 1.